The summed E-state index contributed by atoms with van der Waals surface area (Å²) in [5.41, 5.74) is 0.521. The zero-order valence-corrected chi connectivity index (χ0v) is 9.51. The van der Waals surface area contributed by atoms with Crippen LogP contribution in [0.25, 0.3) is 0 Å². The molecule has 1 aliphatic carbocycles. The van der Waals surface area contributed by atoms with Gasteiger partial charge in [-0.05, 0) is 42.9 Å². The fourth-order valence-electron chi connectivity index (χ4n) is 2.31. The van der Waals surface area contributed by atoms with Crippen LogP contribution in [0.15, 0.2) is 0 Å². The zero-order valence-electron chi connectivity index (χ0n) is 9.51. The van der Waals surface area contributed by atoms with E-state index in [2.05, 4.69) is 27.7 Å². The van der Waals surface area contributed by atoms with Crippen LogP contribution < -0.4 is 0 Å². The van der Waals surface area contributed by atoms with Crippen molar-refractivity contribution < 1.29 is 5.11 Å². The van der Waals surface area contributed by atoms with Crippen molar-refractivity contribution in [1.82, 2.24) is 0 Å². The molecule has 1 N–H and O–H groups in total. The summed E-state index contributed by atoms with van der Waals surface area (Å²) in [5.74, 6) is 0.985. The highest BCUT2D eigenvalue weighted by Crippen LogP contribution is 2.40. The van der Waals surface area contributed by atoms with E-state index in [0.717, 1.165) is 0 Å². The Hall–Kier alpha value is -0.0400. The minimum atomic E-state index is -0.0731. The third-order valence-electron chi connectivity index (χ3n) is 3.55. The van der Waals surface area contributed by atoms with Gasteiger partial charge in [-0.2, -0.15) is 0 Å². The van der Waals surface area contributed by atoms with Gasteiger partial charge in [-0.25, -0.2) is 0 Å². The molecule has 0 aliphatic heterocycles. The Labute approximate surface area is 82.5 Å². The minimum Gasteiger partial charge on any atom is -0.393 e. The van der Waals surface area contributed by atoms with Crippen molar-refractivity contribution in [2.75, 3.05) is 0 Å². The Kier molecular flexibility index (Phi) is 3.39. The van der Waals surface area contributed by atoms with Crippen molar-refractivity contribution in [2.45, 2.75) is 59.5 Å². The number of rotatable bonds is 2. The lowest BCUT2D eigenvalue weighted by atomic mass is 9.70. The lowest BCUT2D eigenvalue weighted by Crippen LogP contribution is -2.32. The first-order valence-corrected chi connectivity index (χ1v) is 5.60. The van der Waals surface area contributed by atoms with E-state index in [1.807, 2.05) is 0 Å². The fourth-order valence-corrected chi connectivity index (χ4v) is 2.31. The molecule has 0 aromatic carbocycles. The maximum absolute atomic E-state index is 9.92. The highest BCUT2D eigenvalue weighted by molar-refractivity contribution is 4.82. The molecule has 1 saturated carbocycles. The maximum atomic E-state index is 9.92. The Morgan fingerprint density at radius 2 is 1.62 bits per heavy atom. The third kappa shape index (κ3) is 2.98. The maximum Gasteiger partial charge on any atom is 0.0591 e. The molecule has 0 spiro atoms. The van der Waals surface area contributed by atoms with Crippen LogP contribution in [0.1, 0.15) is 53.4 Å². The molecule has 13 heavy (non-hydrogen) atoms. The van der Waals surface area contributed by atoms with Gasteiger partial charge in [-0.3, -0.25) is 0 Å². The second-order valence-corrected chi connectivity index (χ2v) is 5.74. The van der Waals surface area contributed by atoms with Gasteiger partial charge in [-0.15, -0.1) is 0 Å². The summed E-state index contributed by atoms with van der Waals surface area (Å²) in [6, 6.07) is 0. The van der Waals surface area contributed by atoms with Gasteiger partial charge in [-0.1, -0.05) is 27.7 Å². The molecule has 1 heteroatoms. The molecule has 1 unspecified atom stereocenters. The second-order valence-electron chi connectivity index (χ2n) is 5.74. The topological polar surface area (TPSA) is 20.2 Å². The molecule has 0 radical (unpaired) electrons. The van der Waals surface area contributed by atoms with Crippen LogP contribution in [0.3, 0.4) is 0 Å². The van der Waals surface area contributed by atoms with E-state index in [4.69, 9.17) is 0 Å². The lowest BCUT2D eigenvalue weighted by molar-refractivity contribution is 0.0262. The average molecular weight is 184 g/mol. The molecular formula is C12H24O. The first-order chi connectivity index (χ1) is 5.92. The van der Waals surface area contributed by atoms with Crippen LogP contribution >= 0.6 is 0 Å². The smallest absolute Gasteiger partial charge is 0.0591 e. The minimum absolute atomic E-state index is 0.0731. The highest BCUT2D eigenvalue weighted by Gasteiger charge is 2.31. The SMILES string of the molecule is CC(C)C(O)C1CCC(C)(C)CC1. The van der Waals surface area contributed by atoms with Crippen LogP contribution in [-0.2, 0) is 0 Å². The van der Waals surface area contributed by atoms with Crippen LogP contribution in [-0.4, -0.2) is 11.2 Å². The molecule has 1 atom stereocenters. The van der Waals surface area contributed by atoms with Gasteiger partial charge in [0.15, 0.2) is 0 Å². The highest BCUT2D eigenvalue weighted by atomic mass is 16.3. The van der Waals surface area contributed by atoms with Crippen LogP contribution in [0, 0.1) is 17.3 Å². The number of hydrogen-bond donors (Lipinski definition) is 1. The summed E-state index contributed by atoms with van der Waals surface area (Å²) < 4.78 is 0. The molecule has 78 valence electrons. The molecule has 1 fully saturated rings. The van der Waals surface area contributed by atoms with Gasteiger partial charge < -0.3 is 5.11 Å². The molecule has 0 aromatic heterocycles. The summed E-state index contributed by atoms with van der Waals surface area (Å²) in [7, 11) is 0. The molecule has 0 aromatic rings. The van der Waals surface area contributed by atoms with Crippen molar-refractivity contribution in [3.63, 3.8) is 0 Å². The van der Waals surface area contributed by atoms with E-state index in [1.54, 1.807) is 0 Å². The van der Waals surface area contributed by atoms with Crippen LogP contribution in [0.2, 0.25) is 0 Å². The quantitative estimate of drug-likeness (QED) is 0.698. The number of aliphatic hydroxyl groups excluding tert-OH is 1. The first-order valence-electron chi connectivity index (χ1n) is 5.60. The molecule has 0 bridgehead atoms. The van der Waals surface area contributed by atoms with Gasteiger partial charge in [0.1, 0.15) is 0 Å². The van der Waals surface area contributed by atoms with Crippen molar-refractivity contribution in [2.24, 2.45) is 17.3 Å². The normalized spacial score (nSPS) is 26.3. The van der Waals surface area contributed by atoms with Gasteiger partial charge in [0.25, 0.3) is 0 Å². The third-order valence-corrected chi connectivity index (χ3v) is 3.55. The van der Waals surface area contributed by atoms with E-state index in [0.29, 0.717) is 17.3 Å². The van der Waals surface area contributed by atoms with Gasteiger partial charge in [0, 0.05) is 0 Å². The van der Waals surface area contributed by atoms with E-state index in [1.165, 1.54) is 25.7 Å². The van der Waals surface area contributed by atoms with Crippen molar-refractivity contribution in [1.29, 1.82) is 0 Å². The van der Waals surface area contributed by atoms with Crippen LogP contribution in [0.4, 0.5) is 0 Å². The predicted molar refractivity (Wildman–Crippen MR) is 56.6 cm³/mol. The Morgan fingerprint density at radius 3 is 2.00 bits per heavy atom. The summed E-state index contributed by atoms with van der Waals surface area (Å²) >= 11 is 0. The second kappa shape index (κ2) is 4.00. The molecular weight excluding hydrogens is 160 g/mol. The number of hydrogen-bond acceptors (Lipinski definition) is 1. The summed E-state index contributed by atoms with van der Waals surface area (Å²) in [4.78, 5) is 0. The summed E-state index contributed by atoms with van der Waals surface area (Å²) in [5, 5.41) is 9.92. The zero-order chi connectivity index (χ0) is 10.1. The van der Waals surface area contributed by atoms with E-state index in [-0.39, 0.29) is 6.10 Å². The Balaban J connectivity index is 2.41. The average Bonchev–Trinajstić information content (AvgIpc) is 2.03. The van der Waals surface area contributed by atoms with Gasteiger partial charge in [0.2, 0.25) is 0 Å². The van der Waals surface area contributed by atoms with Crippen LogP contribution in [0.5, 0.6) is 0 Å². The van der Waals surface area contributed by atoms with Gasteiger partial charge in [0.05, 0.1) is 6.10 Å². The molecule has 1 rings (SSSR count). The van der Waals surface area contributed by atoms with E-state index in [9.17, 15) is 5.11 Å². The molecule has 1 nitrogen and oxygen atoms in total. The summed E-state index contributed by atoms with van der Waals surface area (Å²) in [6.07, 6.45) is 4.91. The van der Waals surface area contributed by atoms with E-state index < -0.39 is 0 Å². The lowest BCUT2D eigenvalue weighted by Gasteiger charge is -2.37. The fraction of sp³-hybridized carbons (Fsp3) is 1.00. The predicted octanol–water partition coefficient (Wildman–Crippen LogP) is 3.22. The molecule has 1 aliphatic rings. The van der Waals surface area contributed by atoms with Crippen molar-refractivity contribution in [3.8, 4) is 0 Å². The van der Waals surface area contributed by atoms with E-state index >= 15 is 0 Å². The Bertz CT molecular complexity index is 151. The standard InChI is InChI=1S/C12H24O/c1-9(2)11(13)10-5-7-12(3,4)8-6-10/h9-11,13H,5-8H2,1-4H3. The van der Waals surface area contributed by atoms with Crippen molar-refractivity contribution in [3.05, 3.63) is 0 Å². The van der Waals surface area contributed by atoms with Gasteiger partial charge >= 0.3 is 0 Å². The van der Waals surface area contributed by atoms with Crippen molar-refractivity contribution >= 4 is 0 Å². The monoisotopic (exact) mass is 184 g/mol. The molecule has 0 heterocycles. The first kappa shape index (κ1) is 11.0. The molecule has 0 amide bonds. The molecule has 0 saturated heterocycles. The summed E-state index contributed by atoms with van der Waals surface area (Å²) in [6.45, 7) is 8.91. The Morgan fingerprint density at radius 1 is 1.15 bits per heavy atom. The largest absolute Gasteiger partial charge is 0.393 e. The number of aliphatic hydroxyl groups is 1.